The zero-order valence-electron chi connectivity index (χ0n) is 15.8. The molecule has 1 N–H and O–H groups in total. The SMILES string of the molecule is O=S(=O)(c1ccc(NC[C@@H](c2cccs2)N2CCCC2)nc1)N1CCOCC1. The second-order valence-corrected chi connectivity index (χ2v) is 9.97. The lowest BCUT2D eigenvalue weighted by molar-refractivity contribution is 0.0730. The van der Waals surface area contributed by atoms with Gasteiger partial charge in [0.2, 0.25) is 10.0 Å². The highest BCUT2D eigenvalue weighted by atomic mass is 32.2. The lowest BCUT2D eigenvalue weighted by Crippen LogP contribution is -2.40. The van der Waals surface area contributed by atoms with Gasteiger partial charge in [-0.25, -0.2) is 13.4 Å². The number of morpholine rings is 1. The fraction of sp³-hybridized carbons (Fsp3) is 0.526. The number of aromatic nitrogens is 1. The van der Waals surface area contributed by atoms with Gasteiger partial charge in [-0.1, -0.05) is 6.07 Å². The van der Waals surface area contributed by atoms with Crippen molar-refractivity contribution in [3.05, 3.63) is 40.7 Å². The normalized spacial score (nSPS) is 20.3. The number of nitrogens with zero attached hydrogens (tertiary/aromatic N) is 3. The van der Waals surface area contributed by atoms with E-state index in [1.54, 1.807) is 23.5 Å². The number of likely N-dealkylation sites (tertiary alicyclic amines) is 1. The molecule has 1 atom stereocenters. The van der Waals surface area contributed by atoms with Crippen molar-refractivity contribution in [2.24, 2.45) is 0 Å². The van der Waals surface area contributed by atoms with Gasteiger partial charge in [0, 0.05) is 30.7 Å². The molecule has 2 aliphatic rings. The van der Waals surface area contributed by atoms with E-state index in [-0.39, 0.29) is 4.90 Å². The fourth-order valence-electron chi connectivity index (χ4n) is 3.72. The van der Waals surface area contributed by atoms with Gasteiger partial charge in [-0.15, -0.1) is 11.3 Å². The first kappa shape index (κ1) is 19.8. The van der Waals surface area contributed by atoms with Crippen LogP contribution in [0.5, 0.6) is 0 Å². The molecule has 2 aromatic heterocycles. The van der Waals surface area contributed by atoms with Gasteiger partial charge in [-0.05, 0) is 49.5 Å². The number of anilines is 1. The molecule has 2 aliphatic heterocycles. The van der Waals surface area contributed by atoms with Gasteiger partial charge in [0.05, 0.1) is 19.3 Å². The predicted molar refractivity (Wildman–Crippen MR) is 110 cm³/mol. The van der Waals surface area contributed by atoms with E-state index in [1.807, 2.05) is 0 Å². The van der Waals surface area contributed by atoms with Gasteiger partial charge in [-0.2, -0.15) is 4.31 Å². The first-order chi connectivity index (χ1) is 13.6. The Morgan fingerprint density at radius 1 is 1.14 bits per heavy atom. The van der Waals surface area contributed by atoms with Crippen LogP contribution in [0, 0.1) is 0 Å². The number of hydrogen-bond acceptors (Lipinski definition) is 7. The molecule has 0 aromatic carbocycles. The van der Waals surface area contributed by atoms with Crippen molar-refractivity contribution in [3.63, 3.8) is 0 Å². The van der Waals surface area contributed by atoms with Gasteiger partial charge in [0.25, 0.3) is 0 Å². The minimum Gasteiger partial charge on any atom is -0.379 e. The van der Waals surface area contributed by atoms with Gasteiger partial charge in [0.15, 0.2) is 0 Å². The van der Waals surface area contributed by atoms with Crippen molar-refractivity contribution < 1.29 is 13.2 Å². The van der Waals surface area contributed by atoms with E-state index >= 15 is 0 Å². The topological polar surface area (TPSA) is 74.8 Å². The summed E-state index contributed by atoms with van der Waals surface area (Å²) < 4.78 is 32.1. The number of rotatable bonds is 7. The maximum atomic E-state index is 12.7. The average Bonchev–Trinajstić information content (AvgIpc) is 3.44. The highest BCUT2D eigenvalue weighted by Crippen LogP contribution is 2.28. The molecule has 0 bridgehead atoms. The van der Waals surface area contributed by atoms with Gasteiger partial charge in [-0.3, -0.25) is 4.90 Å². The summed E-state index contributed by atoms with van der Waals surface area (Å²) in [7, 11) is -3.50. The first-order valence-corrected chi connectivity index (χ1v) is 12.0. The van der Waals surface area contributed by atoms with Crippen molar-refractivity contribution in [2.75, 3.05) is 51.3 Å². The summed E-state index contributed by atoms with van der Waals surface area (Å²) in [6.45, 7) is 4.65. The van der Waals surface area contributed by atoms with E-state index in [4.69, 9.17) is 4.74 Å². The summed E-state index contributed by atoms with van der Waals surface area (Å²) >= 11 is 1.78. The van der Waals surface area contributed by atoms with Gasteiger partial charge < -0.3 is 10.1 Å². The molecular weight excluding hydrogens is 396 g/mol. The number of nitrogens with one attached hydrogen (secondary N) is 1. The molecule has 28 heavy (non-hydrogen) atoms. The number of sulfonamides is 1. The molecule has 4 heterocycles. The minimum atomic E-state index is -3.50. The predicted octanol–water partition coefficient (Wildman–Crippen LogP) is 2.41. The second-order valence-electron chi connectivity index (χ2n) is 7.05. The van der Waals surface area contributed by atoms with Crippen LogP contribution >= 0.6 is 11.3 Å². The molecule has 152 valence electrons. The summed E-state index contributed by atoms with van der Waals surface area (Å²) in [5.74, 6) is 0.696. The van der Waals surface area contributed by atoms with Crippen LogP contribution in [0.3, 0.4) is 0 Å². The Hall–Kier alpha value is -1.52. The summed E-state index contributed by atoms with van der Waals surface area (Å²) in [6.07, 6.45) is 3.94. The van der Waals surface area contributed by atoms with Crippen LogP contribution in [0.1, 0.15) is 23.8 Å². The van der Waals surface area contributed by atoms with Crippen LogP contribution in [0.15, 0.2) is 40.7 Å². The maximum absolute atomic E-state index is 12.7. The summed E-state index contributed by atoms with van der Waals surface area (Å²) in [4.78, 5) is 8.45. The van der Waals surface area contributed by atoms with E-state index in [0.29, 0.717) is 38.2 Å². The number of thiophene rings is 1. The zero-order chi connectivity index (χ0) is 19.4. The Balaban J connectivity index is 1.42. The summed E-state index contributed by atoms with van der Waals surface area (Å²) in [6, 6.07) is 7.98. The minimum absolute atomic E-state index is 0.231. The fourth-order valence-corrected chi connectivity index (χ4v) is 5.93. The molecule has 0 spiro atoms. The van der Waals surface area contributed by atoms with Crippen LogP contribution in [-0.4, -0.2) is 68.5 Å². The Labute approximate surface area is 170 Å². The molecule has 2 aromatic rings. The lowest BCUT2D eigenvalue weighted by Gasteiger charge is -2.27. The monoisotopic (exact) mass is 422 g/mol. The molecule has 0 unspecified atom stereocenters. The third kappa shape index (κ3) is 4.38. The zero-order valence-corrected chi connectivity index (χ0v) is 17.4. The van der Waals surface area contributed by atoms with Crippen molar-refractivity contribution in [2.45, 2.75) is 23.8 Å². The molecule has 2 fully saturated rings. The highest BCUT2D eigenvalue weighted by Gasteiger charge is 2.27. The molecule has 2 saturated heterocycles. The Morgan fingerprint density at radius 3 is 2.57 bits per heavy atom. The van der Waals surface area contributed by atoms with Gasteiger partial charge in [0.1, 0.15) is 10.7 Å². The first-order valence-electron chi connectivity index (χ1n) is 9.70. The average molecular weight is 423 g/mol. The van der Waals surface area contributed by atoms with Crippen molar-refractivity contribution in [3.8, 4) is 0 Å². The molecule has 0 saturated carbocycles. The molecule has 7 nitrogen and oxygen atoms in total. The Kier molecular flexibility index (Phi) is 6.27. The van der Waals surface area contributed by atoms with E-state index in [2.05, 4.69) is 32.7 Å². The molecular formula is C19H26N4O3S2. The van der Waals surface area contributed by atoms with Crippen LogP contribution in [-0.2, 0) is 14.8 Å². The third-order valence-corrected chi connectivity index (χ3v) is 8.13. The maximum Gasteiger partial charge on any atom is 0.244 e. The molecule has 0 radical (unpaired) electrons. The summed E-state index contributed by atoms with van der Waals surface area (Å²) in [5.41, 5.74) is 0. The smallest absolute Gasteiger partial charge is 0.244 e. The Morgan fingerprint density at radius 2 is 1.93 bits per heavy atom. The Bertz CT molecular complexity index is 844. The van der Waals surface area contributed by atoms with E-state index < -0.39 is 10.0 Å². The molecule has 9 heteroatoms. The van der Waals surface area contributed by atoms with Crippen molar-refractivity contribution >= 4 is 27.2 Å². The van der Waals surface area contributed by atoms with E-state index in [9.17, 15) is 8.42 Å². The standard InChI is InChI=1S/C19H26N4O3S2/c24-28(25,23-9-11-26-12-10-23)16-5-6-19(20-14-16)21-15-17(18-4-3-13-27-18)22-7-1-2-8-22/h3-6,13-14,17H,1-2,7-12,15H2,(H,20,21)/t17-/m0/s1. The molecule has 0 amide bonds. The number of hydrogen-bond donors (Lipinski definition) is 1. The van der Waals surface area contributed by atoms with Crippen LogP contribution in [0.25, 0.3) is 0 Å². The van der Waals surface area contributed by atoms with E-state index in [1.165, 1.54) is 28.2 Å². The number of ether oxygens (including phenoxy) is 1. The second kappa shape index (κ2) is 8.87. The van der Waals surface area contributed by atoms with Crippen LogP contribution < -0.4 is 5.32 Å². The van der Waals surface area contributed by atoms with E-state index in [0.717, 1.165) is 19.6 Å². The number of pyridine rings is 1. The molecule has 0 aliphatic carbocycles. The van der Waals surface area contributed by atoms with Crippen molar-refractivity contribution in [1.82, 2.24) is 14.2 Å². The van der Waals surface area contributed by atoms with Crippen LogP contribution in [0.4, 0.5) is 5.82 Å². The quantitative estimate of drug-likeness (QED) is 0.739. The lowest BCUT2D eigenvalue weighted by atomic mass is 10.2. The summed E-state index contributed by atoms with van der Waals surface area (Å²) in [5, 5.41) is 5.51. The molecule has 4 rings (SSSR count). The third-order valence-electron chi connectivity index (χ3n) is 5.27. The largest absolute Gasteiger partial charge is 0.379 e. The van der Waals surface area contributed by atoms with Gasteiger partial charge >= 0.3 is 0 Å². The highest BCUT2D eigenvalue weighted by molar-refractivity contribution is 7.89. The van der Waals surface area contributed by atoms with Crippen LogP contribution in [0.2, 0.25) is 0 Å². The van der Waals surface area contributed by atoms with Crippen molar-refractivity contribution in [1.29, 1.82) is 0 Å².